The van der Waals surface area contributed by atoms with Crippen LogP contribution in [0.25, 0.3) is 0 Å². The summed E-state index contributed by atoms with van der Waals surface area (Å²) in [4.78, 5) is 10.4. The van der Waals surface area contributed by atoms with Crippen LogP contribution in [0, 0.1) is 5.92 Å². The van der Waals surface area contributed by atoms with Crippen LogP contribution in [-0.2, 0) is 4.79 Å². The molecule has 0 aromatic carbocycles. The zero-order chi connectivity index (χ0) is 15.9. The monoisotopic (exact) mass is 306 g/mol. The van der Waals surface area contributed by atoms with E-state index in [1.54, 1.807) is 0 Å². The van der Waals surface area contributed by atoms with Crippen LogP contribution in [-0.4, -0.2) is 11.1 Å². The minimum absolute atomic E-state index is 0.326. The van der Waals surface area contributed by atoms with Gasteiger partial charge in [-0.25, -0.2) is 0 Å². The molecule has 0 fully saturated rings. The van der Waals surface area contributed by atoms with Crippen molar-refractivity contribution >= 4 is 5.97 Å². The lowest BCUT2D eigenvalue weighted by atomic mass is 10.00. The zero-order valence-electron chi connectivity index (χ0n) is 14.1. The molecule has 1 aliphatic rings. The van der Waals surface area contributed by atoms with E-state index < -0.39 is 5.97 Å². The standard InChI is InChI=1S/C20H34O2/c21-20(22)18-12-10-8-6-4-2-1-3-5-7-9-11-15-19-16-13-14-17-19/h1-2,13,16,19H,3-12,14-15,17-18H2,(H,21,22)/b2-1-. The molecule has 0 saturated carbocycles. The summed E-state index contributed by atoms with van der Waals surface area (Å²) < 4.78 is 0. The van der Waals surface area contributed by atoms with Crippen molar-refractivity contribution in [2.45, 2.75) is 89.9 Å². The van der Waals surface area contributed by atoms with E-state index in [-0.39, 0.29) is 0 Å². The van der Waals surface area contributed by atoms with E-state index in [4.69, 9.17) is 5.11 Å². The minimum Gasteiger partial charge on any atom is -0.481 e. The van der Waals surface area contributed by atoms with Gasteiger partial charge < -0.3 is 5.11 Å². The molecule has 126 valence electrons. The van der Waals surface area contributed by atoms with Crippen molar-refractivity contribution in [1.29, 1.82) is 0 Å². The molecule has 0 aromatic rings. The van der Waals surface area contributed by atoms with Gasteiger partial charge in [-0.2, -0.15) is 0 Å². The molecule has 0 aromatic heterocycles. The van der Waals surface area contributed by atoms with Crippen molar-refractivity contribution in [2.75, 3.05) is 0 Å². The van der Waals surface area contributed by atoms with E-state index in [9.17, 15) is 4.79 Å². The smallest absolute Gasteiger partial charge is 0.303 e. The second-order valence-electron chi connectivity index (χ2n) is 6.58. The van der Waals surface area contributed by atoms with Gasteiger partial charge in [-0.1, -0.05) is 56.4 Å². The number of carboxylic acid groups (broad SMARTS) is 1. The Bertz CT molecular complexity index is 331. The highest BCUT2D eigenvalue weighted by Crippen LogP contribution is 2.23. The van der Waals surface area contributed by atoms with Crippen molar-refractivity contribution in [3.8, 4) is 0 Å². The molecule has 1 unspecified atom stereocenters. The second kappa shape index (κ2) is 13.6. The van der Waals surface area contributed by atoms with Gasteiger partial charge >= 0.3 is 5.97 Å². The normalized spacial score (nSPS) is 17.5. The molecule has 0 radical (unpaired) electrons. The molecule has 0 spiro atoms. The van der Waals surface area contributed by atoms with Gasteiger partial charge in [0.2, 0.25) is 0 Å². The van der Waals surface area contributed by atoms with E-state index in [0.29, 0.717) is 6.42 Å². The summed E-state index contributed by atoms with van der Waals surface area (Å²) in [5.41, 5.74) is 0. The van der Waals surface area contributed by atoms with Crippen LogP contribution < -0.4 is 0 Å². The van der Waals surface area contributed by atoms with Gasteiger partial charge in [0.1, 0.15) is 0 Å². The van der Waals surface area contributed by atoms with Gasteiger partial charge in [0.05, 0.1) is 0 Å². The van der Waals surface area contributed by atoms with E-state index in [2.05, 4.69) is 24.3 Å². The fourth-order valence-corrected chi connectivity index (χ4v) is 3.09. The van der Waals surface area contributed by atoms with Gasteiger partial charge in [0.15, 0.2) is 0 Å². The molecule has 0 aliphatic heterocycles. The molecule has 0 heterocycles. The fraction of sp³-hybridized carbons (Fsp3) is 0.750. The molecule has 1 aliphatic carbocycles. The maximum absolute atomic E-state index is 10.4. The van der Waals surface area contributed by atoms with Crippen LogP contribution in [0.3, 0.4) is 0 Å². The van der Waals surface area contributed by atoms with Gasteiger partial charge in [-0.05, 0) is 57.3 Å². The Balaban J connectivity index is 1.74. The predicted octanol–water partition coefficient (Wildman–Crippen LogP) is 6.27. The first-order valence-corrected chi connectivity index (χ1v) is 9.32. The largest absolute Gasteiger partial charge is 0.481 e. The van der Waals surface area contributed by atoms with Crippen molar-refractivity contribution in [1.82, 2.24) is 0 Å². The van der Waals surface area contributed by atoms with Crippen LogP contribution in [0.2, 0.25) is 0 Å². The number of allylic oxidation sites excluding steroid dienone is 4. The number of hydrogen-bond acceptors (Lipinski definition) is 1. The minimum atomic E-state index is -0.667. The molecule has 22 heavy (non-hydrogen) atoms. The number of carbonyl (C=O) groups is 1. The molecule has 0 bridgehead atoms. The van der Waals surface area contributed by atoms with Crippen LogP contribution >= 0.6 is 0 Å². The Labute approximate surface area is 136 Å². The summed E-state index contributed by atoms with van der Waals surface area (Å²) in [5, 5.41) is 8.53. The summed E-state index contributed by atoms with van der Waals surface area (Å²) in [6.45, 7) is 0. The average Bonchev–Trinajstić information content (AvgIpc) is 3.00. The lowest BCUT2D eigenvalue weighted by Gasteiger charge is -2.06. The predicted molar refractivity (Wildman–Crippen MR) is 94.0 cm³/mol. The van der Waals surface area contributed by atoms with E-state index in [0.717, 1.165) is 31.6 Å². The quantitative estimate of drug-likeness (QED) is 0.303. The van der Waals surface area contributed by atoms with Gasteiger partial charge in [-0.15, -0.1) is 0 Å². The number of carboxylic acids is 1. The Kier molecular flexibility index (Phi) is 11.7. The summed E-state index contributed by atoms with van der Waals surface area (Å²) in [5.74, 6) is 0.218. The van der Waals surface area contributed by atoms with E-state index >= 15 is 0 Å². The first-order chi connectivity index (χ1) is 10.8. The third-order valence-electron chi connectivity index (χ3n) is 4.49. The van der Waals surface area contributed by atoms with Crippen molar-refractivity contribution < 1.29 is 9.90 Å². The second-order valence-corrected chi connectivity index (χ2v) is 6.58. The van der Waals surface area contributed by atoms with Crippen LogP contribution in [0.4, 0.5) is 0 Å². The maximum atomic E-state index is 10.4. The molecule has 2 nitrogen and oxygen atoms in total. The van der Waals surface area contributed by atoms with E-state index in [1.807, 2.05) is 0 Å². The number of rotatable bonds is 14. The fourth-order valence-electron chi connectivity index (χ4n) is 3.09. The summed E-state index contributed by atoms with van der Waals surface area (Å²) in [7, 11) is 0. The summed E-state index contributed by atoms with van der Waals surface area (Å²) in [6, 6.07) is 0. The number of unbranched alkanes of at least 4 members (excludes halogenated alkanes) is 8. The Morgan fingerprint density at radius 2 is 1.59 bits per heavy atom. The van der Waals surface area contributed by atoms with Crippen LogP contribution in [0.5, 0.6) is 0 Å². The maximum Gasteiger partial charge on any atom is 0.303 e. The molecule has 1 atom stereocenters. The van der Waals surface area contributed by atoms with Crippen molar-refractivity contribution in [3.05, 3.63) is 24.3 Å². The van der Waals surface area contributed by atoms with Crippen molar-refractivity contribution in [3.63, 3.8) is 0 Å². The third-order valence-corrected chi connectivity index (χ3v) is 4.49. The van der Waals surface area contributed by atoms with Crippen LogP contribution in [0.15, 0.2) is 24.3 Å². The molecular formula is C20H34O2. The SMILES string of the molecule is O=C(O)CCCCCC/C=C\CCCCCCC1C=CCC1. The Morgan fingerprint density at radius 3 is 2.18 bits per heavy atom. The first-order valence-electron chi connectivity index (χ1n) is 9.32. The van der Waals surface area contributed by atoms with Gasteiger partial charge in [-0.3, -0.25) is 4.79 Å². The molecule has 0 amide bonds. The van der Waals surface area contributed by atoms with Crippen molar-refractivity contribution in [2.24, 2.45) is 5.92 Å². The molecule has 0 saturated heterocycles. The third kappa shape index (κ3) is 11.6. The number of aliphatic carboxylic acids is 1. The lowest BCUT2D eigenvalue weighted by molar-refractivity contribution is -0.137. The Morgan fingerprint density at radius 1 is 0.955 bits per heavy atom. The summed E-state index contributed by atoms with van der Waals surface area (Å²) >= 11 is 0. The topological polar surface area (TPSA) is 37.3 Å². The highest BCUT2D eigenvalue weighted by atomic mass is 16.4. The van der Waals surface area contributed by atoms with Gasteiger partial charge in [0, 0.05) is 6.42 Å². The molecule has 2 heteroatoms. The average molecular weight is 306 g/mol. The first kappa shape index (κ1) is 19.0. The highest BCUT2D eigenvalue weighted by molar-refractivity contribution is 5.66. The van der Waals surface area contributed by atoms with Gasteiger partial charge in [0.25, 0.3) is 0 Å². The zero-order valence-corrected chi connectivity index (χ0v) is 14.1. The number of hydrogen-bond donors (Lipinski definition) is 1. The molecular weight excluding hydrogens is 272 g/mol. The lowest BCUT2D eigenvalue weighted by Crippen LogP contribution is -1.93. The Hall–Kier alpha value is -1.05. The molecule has 1 N–H and O–H groups in total. The highest BCUT2D eigenvalue weighted by Gasteiger charge is 2.07. The van der Waals surface area contributed by atoms with E-state index in [1.165, 1.54) is 57.8 Å². The molecule has 1 rings (SSSR count). The van der Waals surface area contributed by atoms with Crippen LogP contribution in [0.1, 0.15) is 89.9 Å². The summed E-state index contributed by atoms with van der Waals surface area (Å²) in [6.07, 6.45) is 25.9.